The second kappa shape index (κ2) is 11.8. The Labute approximate surface area is 246 Å². The number of hydrogen-bond acceptors (Lipinski definition) is 8. The number of halogens is 3. The number of aryl methyl sites for hydroxylation is 1. The summed E-state index contributed by atoms with van der Waals surface area (Å²) in [6, 6.07) is 9.99. The molecule has 2 aromatic heterocycles. The highest BCUT2D eigenvalue weighted by Gasteiger charge is 2.25. The van der Waals surface area contributed by atoms with Crippen LogP contribution in [-0.2, 0) is 23.6 Å². The molecule has 0 saturated heterocycles. The van der Waals surface area contributed by atoms with Gasteiger partial charge in [0.2, 0.25) is 15.8 Å². The molecule has 0 aliphatic heterocycles. The van der Waals surface area contributed by atoms with Crippen molar-refractivity contribution in [2.24, 2.45) is 7.05 Å². The van der Waals surface area contributed by atoms with E-state index in [0.29, 0.717) is 3.57 Å². The molecule has 0 aliphatic rings. The first-order valence-electron chi connectivity index (χ1n) is 12.2. The summed E-state index contributed by atoms with van der Waals surface area (Å²) >= 11 is 1.89. The molecule has 218 valence electrons. The molecule has 11 nitrogen and oxygen atoms in total. The summed E-state index contributed by atoms with van der Waals surface area (Å²) in [6.07, 6.45) is -1.42. The smallest absolute Gasteiger partial charge is 0.289 e. The highest BCUT2D eigenvalue weighted by atomic mass is 127. The molecule has 0 amide bonds. The van der Waals surface area contributed by atoms with Crippen LogP contribution >= 0.6 is 22.6 Å². The van der Waals surface area contributed by atoms with E-state index in [9.17, 15) is 32.6 Å². The normalized spacial score (nSPS) is 12.6. The first-order valence-corrected chi connectivity index (χ1v) is 14.8. The number of nitrogens with one attached hydrogen (secondary N) is 2. The molecular formula is C26H26F2IN5O6S. The number of pyridine rings is 1. The minimum absolute atomic E-state index is 0.0407. The van der Waals surface area contributed by atoms with Crippen molar-refractivity contribution in [1.82, 2.24) is 14.3 Å². The van der Waals surface area contributed by atoms with Crippen molar-refractivity contribution in [1.29, 1.82) is 0 Å². The van der Waals surface area contributed by atoms with E-state index in [2.05, 4.69) is 15.1 Å². The maximum atomic E-state index is 15.5. The minimum Gasteiger partial charge on any atom is -0.394 e. The molecule has 41 heavy (non-hydrogen) atoms. The van der Waals surface area contributed by atoms with E-state index in [-0.39, 0.29) is 33.5 Å². The van der Waals surface area contributed by atoms with Gasteiger partial charge in [-0.05, 0) is 66.8 Å². The lowest BCUT2D eigenvalue weighted by atomic mass is 10.1. The molecule has 1 atom stereocenters. The van der Waals surface area contributed by atoms with Crippen LogP contribution in [-0.4, -0.2) is 50.9 Å². The summed E-state index contributed by atoms with van der Waals surface area (Å²) in [5, 5.41) is 25.2. The molecule has 0 bridgehead atoms. The topological polar surface area (TPSA) is 156 Å². The monoisotopic (exact) mass is 701 g/mol. The molecule has 4 N–H and O–H groups in total. The van der Waals surface area contributed by atoms with Crippen molar-refractivity contribution in [3.05, 3.63) is 78.4 Å². The third kappa shape index (κ3) is 6.12. The third-order valence-electron chi connectivity index (χ3n) is 6.23. The van der Waals surface area contributed by atoms with Gasteiger partial charge >= 0.3 is 0 Å². The molecule has 0 saturated carbocycles. The minimum atomic E-state index is -3.73. The molecule has 0 aliphatic carbocycles. The van der Waals surface area contributed by atoms with Crippen molar-refractivity contribution in [2.45, 2.75) is 31.7 Å². The summed E-state index contributed by atoms with van der Waals surface area (Å²) in [4.78, 5) is 26.7. The molecule has 4 rings (SSSR count). The Kier molecular flexibility index (Phi) is 8.81. The van der Waals surface area contributed by atoms with Crippen LogP contribution in [0.1, 0.15) is 13.8 Å². The van der Waals surface area contributed by atoms with Gasteiger partial charge in [-0.3, -0.25) is 14.3 Å². The van der Waals surface area contributed by atoms with Crippen LogP contribution in [0.2, 0.25) is 0 Å². The van der Waals surface area contributed by atoms with Gasteiger partial charge in [-0.2, -0.15) is 9.49 Å². The summed E-state index contributed by atoms with van der Waals surface area (Å²) < 4.78 is 59.9. The summed E-state index contributed by atoms with van der Waals surface area (Å²) in [7, 11) is -2.51. The van der Waals surface area contributed by atoms with Crippen LogP contribution < -0.4 is 21.2 Å². The maximum absolute atomic E-state index is 15.5. The number of rotatable bonds is 9. The Bertz CT molecular complexity index is 1880. The zero-order valence-corrected chi connectivity index (χ0v) is 25.0. The molecule has 2 heterocycles. The van der Waals surface area contributed by atoms with E-state index in [1.165, 1.54) is 57.3 Å². The zero-order chi connectivity index (χ0) is 30.2. The first kappa shape index (κ1) is 30.5. The number of fused-ring (bicyclic) bond motifs is 1. The van der Waals surface area contributed by atoms with Crippen LogP contribution in [0, 0.1) is 15.2 Å². The summed E-state index contributed by atoms with van der Waals surface area (Å²) in [5.41, 5.74) is -2.67. The number of sulfonamides is 1. The van der Waals surface area contributed by atoms with Crippen molar-refractivity contribution in [3.8, 4) is 11.3 Å². The Morgan fingerprint density at radius 1 is 1.10 bits per heavy atom. The van der Waals surface area contributed by atoms with Crippen LogP contribution in [0.25, 0.3) is 22.2 Å². The lowest BCUT2D eigenvalue weighted by molar-refractivity contribution is 0.0772. The average Bonchev–Trinajstić information content (AvgIpc) is 2.91. The predicted octanol–water partition coefficient (Wildman–Crippen LogP) is 2.89. The summed E-state index contributed by atoms with van der Waals surface area (Å²) in [5.74, 6) is -2.12. The Morgan fingerprint density at radius 2 is 1.80 bits per heavy atom. The fraction of sp³-hybridized carbons (Fsp3) is 0.269. The van der Waals surface area contributed by atoms with Crippen molar-refractivity contribution in [2.75, 3.05) is 16.6 Å². The van der Waals surface area contributed by atoms with E-state index in [4.69, 9.17) is 0 Å². The van der Waals surface area contributed by atoms with Gasteiger partial charge in [-0.25, -0.2) is 17.5 Å². The number of hydrogen-bond donors (Lipinski definition) is 4. The van der Waals surface area contributed by atoms with Gasteiger partial charge < -0.3 is 20.1 Å². The number of nitrogens with zero attached hydrogens (tertiary/aromatic N) is 3. The third-order valence-corrected chi connectivity index (χ3v) is 8.66. The fourth-order valence-corrected chi connectivity index (χ4v) is 5.15. The molecule has 2 aromatic carbocycles. The van der Waals surface area contributed by atoms with Gasteiger partial charge in [0.05, 0.1) is 46.8 Å². The van der Waals surface area contributed by atoms with Crippen LogP contribution in [0.15, 0.2) is 52.1 Å². The molecule has 1 unspecified atom stereocenters. The number of benzene rings is 2. The van der Waals surface area contributed by atoms with Gasteiger partial charge in [0.25, 0.3) is 11.1 Å². The van der Waals surface area contributed by atoms with Crippen LogP contribution in [0.4, 0.5) is 25.8 Å². The molecule has 0 fully saturated rings. The van der Waals surface area contributed by atoms with Gasteiger partial charge in [0.1, 0.15) is 11.5 Å². The standard InChI is InChI=1S/C26H26F2IN5O6S/c1-13(2)41(39,40)32-16-6-4-5-14(9-16)22-24-20(25(37)34(31-22)11-17(36)12-35)23(21(28)26(38)33(24)3)30-19-8-7-15(29)10-18(19)27/h4-10,13,17,30,32,35-36H,11-12H2,1-3H3. The fourth-order valence-electron chi connectivity index (χ4n) is 4.01. The zero-order valence-electron chi connectivity index (χ0n) is 22.0. The quantitative estimate of drug-likeness (QED) is 0.194. The summed E-state index contributed by atoms with van der Waals surface area (Å²) in [6.45, 7) is 1.78. The van der Waals surface area contributed by atoms with Gasteiger partial charge in [0, 0.05) is 21.9 Å². The molecule has 4 aromatic rings. The number of aliphatic hydroxyl groups excluding tert-OH is 2. The lowest BCUT2D eigenvalue weighted by Gasteiger charge is -2.19. The highest BCUT2D eigenvalue weighted by molar-refractivity contribution is 14.1. The predicted molar refractivity (Wildman–Crippen MR) is 160 cm³/mol. The van der Waals surface area contributed by atoms with Gasteiger partial charge in [-0.1, -0.05) is 12.1 Å². The van der Waals surface area contributed by atoms with E-state index < -0.39 is 63.0 Å². The Morgan fingerprint density at radius 3 is 2.44 bits per heavy atom. The average molecular weight is 701 g/mol. The van der Waals surface area contributed by atoms with E-state index in [1.54, 1.807) is 6.07 Å². The highest BCUT2D eigenvalue weighted by Crippen LogP contribution is 2.32. The van der Waals surface area contributed by atoms with Gasteiger partial charge in [0.15, 0.2) is 0 Å². The second-order valence-electron chi connectivity index (χ2n) is 9.47. The molecule has 15 heteroatoms. The molecule has 0 radical (unpaired) electrons. The number of anilines is 3. The molecular weight excluding hydrogens is 675 g/mol. The lowest BCUT2D eigenvalue weighted by Crippen LogP contribution is -2.34. The SMILES string of the molecule is CC(C)S(=O)(=O)Nc1cccc(-c2nn(CC(O)CO)c(=O)c3c(Nc4ccc(I)cc4F)c(F)c(=O)n(C)c23)c1. The largest absolute Gasteiger partial charge is 0.394 e. The van der Waals surface area contributed by atoms with Crippen molar-refractivity contribution in [3.63, 3.8) is 0 Å². The first-order chi connectivity index (χ1) is 19.2. The van der Waals surface area contributed by atoms with Gasteiger partial charge in [-0.15, -0.1) is 0 Å². The Hall–Kier alpha value is -3.41. The van der Waals surface area contributed by atoms with Crippen molar-refractivity contribution >= 4 is 60.6 Å². The second-order valence-corrected chi connectivity index (χ2v) is 13.0. The van der Waals surface area contributed by atoms with E-state index in [1.807, 2.05) is 22.6 Å². The number of aromatic nitrogens is 3. The number of aliphatic hydroxyl groups is 2. The van der Waals surface area contributed by atoms with Crippen molar-refractivity contribution < 1.29 is 27.4 Å². The maximum Gasteiger partial charge on any atom is 0.289 e. The molecule has 0 spiro atoms. The van der Waals surface area contributed by atoms with Crippen LogP contribution in [0.5, 0.6) is 0 Å². The van der Waals surface area contributed by atoms with E-state index in [0.717, 1.165) is 9.25 Å². The van der Waals surface area contributed by atoms with Crippen LogP contribution in [0.3, 0.4) is 0 Å². The Balaban J connectivity index is 2.07. The van der Waals surface area contributed by atoms with E-state index >= 15 is 4.39 Å².